The highest BCUT2D eigenvalue weighted by Crippen LogP contribution is 2.40. The van der Waals surface area contributed by atoms with Crippen LogP contribution < -0.4 is 4.74 Å². The van der Waals surface area contributed by atoms with Gasteiger partial charge in [0.15, 0.2) is 0 Å². The van der Waals surface area contributed by atoms with Crippen LogP contribution in [0.25, 0.3) is 32.7 Å². The van der Waals surface area contributed by atoms with Crippen LogP contribution in [0.5, 0.6) is 5.75 Å². The van der Waals surface area contributed by atoms with Crippen LogP contribution in [0.15, 0.2) is 46.9 Å². The van der Waals surface area contributed by atoms with E-state index in [4.69, 9.17) is 9.15 Å². The predicted molar refractivity (Wildman–Crippen MR) is 69.0 cm³/mol. The molecule has 0 aliphatic rings. The highest BCUT2D eigenvalue weighted by molar-refractivity contribution is 6.22. The Labute approximate surface area is 97.7 Å². The van der Waals surface area contributed by atoms with Gasteiger partial charge in [0.2, 0.25) is 0 Å². The minimum atomic E-state index is 0.894. The molecule has 0 atom stereocenters. The summed E-state index contributed by atoms with van der Waals surface area (Å²) in [4.78, 5) is 0. The van der Waals surface area contributed by atoms with Crippen LogP contribution in [0.1, 0.15) is 0 Å². The summed E-state index contributed by atoms with van der Waals surface area (Å²) >= 11 is 0. The quantitative estimate of drug-likeness (QED) is 0.451. The van der Waals surface area contributed by atoms with Crippen molar-refractivity contribution in [3.05, 3.63) is 42.5 Å². The Morgan fingerprint density at radius 1 is 0.882 bits per heavy atom. The number of furan rings is 1. The Hall–Kier alpha value is -2.22. The molecule has 0 amide bonds. The molecule has 0 unspecified atom stereocenters. The van der Waals surface area contributed by atoms with Crippen molar-refractivity contribution in [2.24, 2.45) is 0 Å². The molecule has 0 N–H and O–H groups in total. The van der Waals surface area contributed by atoms with Gasteiger partial charge in [-0.3, -0.25) is 0 Å². The maximum Gasteiger partial charge on any atom is 0.136 e. The fraction of sp³-hybridized carbons (Fsp3) is 0.0667. The first-order chi connectivity index (χ1) is 8.38. The molecule has 0 aliphatic heterocycles. The van der Waals surface area contributed by atoms with Crippen LogP contribution in [-0.2, 0) is 0 Å². The summed E-state index contributed by atoms with van der Waals surface area (Å²) in [6.07, 6.45) is 0. The third-order valence-electron chi connectivity index (χ3n) is 3.35. The van der Waals surface area contributed by atoms with Crippen molar-refractivity contribution < 1.29 is 9.15 Å². The molecule has 1 aromatic heterocycles. The molecule has 0 fully saturated rings. The molecule has 0 aliphatic carbocycles. The first-order valence-electron chi connectivity index (χ1n) is 5.59. The second-order valence-corrected chi connectivity index (χ2v) is 4.21. The monoisotopic (exact) mass is 222 g/mol. The summed E-state index contributed by atoms with van der Waals surface area (Å²) < 4.78 is 11.3. The second-order valence-electron chi connectivity index (χ2n) is 4.21. The minimum absolute atomic E-state index is 0.894. The van der Waals surface area contributed by atoms with Gasteiger partial charge < -0.3 is 9.15 Å². The maximum absolute atomic E-state index is 5.86. The van der Waals surface area contributed by atoms with Gasteiger partial charge in [0.1, 0.15) is 16.9 Å². The van der Waals surface area contributed by atoms with Gasteiger partial charge in [0.05, 0.1) is 7.11 Å². The van der Waals surface area contributed by atoms with E-state index in [2.05, 4.69) is 18.2 Å². The lowest BCUT2D eigenvalue weighted by Crippen LogP contribution is -1.84. The van der Waals surface area contributed by atoms with Crippen molar-refractivity contribution in [3.8, 4) is 5.75 Å². The molecule has 0 saturated carbocycles. The van der Waals surface area contributed by atoms with Crippen molar-refractivity contribution in [2.45, 2.75) is 0 Å². The highest BCUT2D eigenvalue weighted by atomic mass is 16.5. The number of methoxy groups -OCH3 is 1. The van der Waals surface area contributed by atoms with Gasteiger partial charge >= 0.3 is 0 Å². The van der Waals surface area contributed by atoms with Crippen LogP contribution >= 0.6 is 0 Å². The molecular weight excluding hydrogens is 212 g/mol. The third-order valence-corrected chi connectivity index (χ3v) is 3.35. The van der Waals surface area contributed by atoms with Crippen LogP contribution in [0.2, 0.25) is 0 Å². The van der Waals surface area contributed by atoms with E-state index in [1.165, 1.54) is 10.8 Å². The van der Waals surface area contributed by atoms with E-state index < -0.39 is 0 Å². The molecule has 0 saturated heterocycles. The number of hydrogen-bond acceptors (Lipinski definition) is 2. The molecule has 0 spiro atoms. The van der Waals surface area contributed by atoms with Gasteiger partial charge in [-0.25, -0.2) is 0 Å². The van der Waals surface area contributed by atoms with Crippen molar-refractivity contribution in [2.75, 3.05) is 7.11 Å². The smallest absolute Gasteiger partial charge is 0.136 e. The molecule has 4 rings (SSSR count). The summed E-state index contributed by atoms with van der Waals surface area (Å²) in [6, 6.07) is 14.3. The van der Waals surface area contributed by atoms with E-state index in [1.54, 1.807) is 7.11 Å². The molecule has 1 heterocycles. The summed E-state index contributed by atoms with van der Waals surface area (Å²) in [5, 5.41) is 4.68. The first kappa shape index (κ1) is 8.88. The highest BCUT2D eigenvalue weighted by Gasteiger charge is 2.14. The zero-order valence-corrected chi connectivity index (χ0v) is 9.36. The van der Waals surface area contributed by atoms with E-state index in [-0.39, 0.29) is 0 Å². The van der Waals surface area contributed by atoms with Crippen molar-refractivity contribution >= 4 is 32.7 Å². The second kappa shape index (κ2) is 2.92. The molecule has 3 aromatic carbocycles. The van der Waals surface area contributed by atoms with Crippen molar-refractivity contribution in [1.29, 1.82) is 0 Å². The third kappa shape index (κ3) is 0.998. The summed E-state index contributed by atoms with van der Waals surface area (Å²) in [5.74, 6) is 0.894. The van der Waals surface area contributed by atoms with Crippen LogP contribution in [0.4, 0.5) is 0 Å². The molecular formula is C15H10O2. The normalized spacial score (nSPS) is 11.8. The van der Waals surface area contributed by atoms with E-state index in [0.29, 0.717) is 0 Å². The molecule has 2 nitrogen and oxygen atoms in total. The number of hydrogen-bond donors (Lipinski definition) is 0. The Kier molecular flexibility index (Phi) is 1.52. The Morgan fingerprint density at radius 3 is 2.65 bits per heavy atom. The van der Waals surface area contributed by atoms with E-state index >= 15 is 0 Å². The van der Waals surface area contributed by atoms with Gasteiger partial charge in [-0.15, -0.1) is 0 Å². The van der Waals surface area contributed by atoms with Crippen LogP contribution in [0.3, 0.4) is 0 Å². The Morgan fingerprint density at radius 2 is 1.76 bits per heavy atom. The molecule has 0 bridgehead atoms. The van der Waals surface area contributed by atoms with E-state index in [0.717, 1.165) is 27.7 Å². The molecule has 2 heteroatoms. The Bertz CT molecular complexity index is 826. The van der Waals surface area contributed by atoms with Gasteiger partial charge in [-0.05, 0) is 29.7 Å². The van der Waals surface area contributed by atoms with Crippen LogP contribution in [-0.4, -0.2) is 7.11 Å². The number of rotatable bonds is 1. The van der Waals surface area contributed by atoms with Gasteiger partial charge in [-0.1, -0.05) is 18.2 Å². The van der Waals surface area contributed by atoms with Gasteiger partial charge in [-0.2, -0.15) is 0 Å². The zero-order valence-electron chi connectivity index (χ0n) is 9.36. The maximum atomic E-state index is 5.86. The largest absolute Gasteiger partial charge is 0.496 e. The summed E-state index contributed by atoms with van der Waals surface area (Å²) in [6.45, 7) is 0. The van der Waals surface area contributed by atoms with Crippen molar-refractivity contribution in [3.63, 3.8) is 0 Å². The van der Waals surface area contributed by atoms with E-state index in [9.17, 15) is 0 Å². The number of benzene rings is 3. The number of ether oxygens (including phenoxy) is 1. The summed E-state index contributed by atoms with van der Waals surface area (Å²) in [7, 11) is 1.70. The fourth-order valence-electron chi connectivity index (χ4n) is 2.60. The lowest BCUT2D eigenvalue weighted by Gasteiger charge is -2.05. The van der Waals surface area contributed by atoms with Gasteiger partial charge in [0, 0.05) is 16.2 Å². The fourth-order valence-corrected chi connectivity index (χ4v) is 2.60. The lowest BCUT2D eigenvalue weighted by molar-refractivity contribution is 0.420. The first-order valence-corrected chi connectivity index (χ1v) is 5.59. The predicted octanol–water partition coefficient (Wildman–Crippen LogP) is 4.19. The van der Waals surface area contributed by atoms with Crippen molar-refractivity contribution in [1.82, 2.24) is 0 Å². The van der Waals surface area contributed by atoms with Crippen LogP contribution in [0, 0.1) is 0 Å². The van der Waals surface area contributed by atoms with Gasteiger partial charge in [0.25, 0.3) is 0 Å². The Balaban J connectivity index is 2.40. The lowest BCUT2D eigenvalue weighted by atomic mass is 10.0. The van der Waals surface area contributed by atoms with E-state index in [1.807, 2.05) is 24.3 Å². The zero-order chi connectivity index (χ0) is 11.4. The molecule has 17 heavy (non-hydrogen) atoms. The molecule has 82 valence electrons. The standard InChI is InChI=1S/C15H10O2/c1-16-11-7-8-13-15-10(11)6-5-9-3-2-4-12(17-13)14(9)15/h2-8H,1H3. The topological polar surface area (TPSA) is 22.4 Å². The summed E-state index contributed by atoms with van der Waals surface area (Å²) in [5.41, 5.74) is 1.86. The SMILES string of the molecule is COc1ccc2oc3cccc4ccc1c2c43. The molecule has 0 radical (unpaired) electrons. The molecule has 4 aromatic rings. The average molecular weight is 222 g/mol. The minimum Gasteiger partial charge on any atom is -0.496 e. The average Bonchev–Trinajstić information content (AvgIpc) is 2.76.